The first-order valence-electron chi connectivity index (χ1n) is 8.26. The van der Waals surface area contributed by atoms with Crippen LogP contribution in [0.2, 0.25) is 0 Å². The predicted molar refractivity (Wildman–Crippen MR) is 105 cm³/mol. The van der Waals surface area contributed by atoms with E-state index in [1.807, 2.05) is 26.0 Å². The van der Waals surface area contributed by atoms with E-state index in [2.05, 4.69) is 5.32 Å². The van der Waals surface area contributed by atoms with Crippen LogP contribution in [0.4, 0.5) is 9.39 Å². The zero-order valence-corrected chi connectivity index (χ0v) is 15.9. The second kappa shape index (κ2) is 7.72. The number of esters is 1. The van der Waals surface area contributed by atoms with Crippen LogP contribution in [0.5, 0.6) is 0 Å². The number of aryl methyl sites for hydroxylation is 2. The number of carbonyl (C=O) groups excluding carboxylic acids is 2. The van der Waals surface area contributed by atoms with Gasteiger partial charge in [-0.2, -0.15) is 0 Å². The fraction of sp³-hybridized carbons (Fsp3) is 0.143. The maximum Gasteiger partial charge on any atom is 0.341 e. The fourth-order valence-electron chi connectivity index (χ4n) is 2.77. The van der Waals surface area contributed by atoms with E-state index in [0.717, 1.165) is 10.4 Å². The lowest BCUT2D eigenvalue weighted by Crippen LogP contribution is -2.14. The van der Waals surface area contributed by atoms with E-state index < -0.39 is 5.97 Å². The van der Waals surface area contributed by atoms with E-state index in [9.17, 15) is 14.0 Å². The third kappa shape index (κ3) is 3.90. The number of ether oxygens (including phenoxy) is 1. The minimum Gasteiger partial charge on any atom is -0.465 e. The van der Waals surface area contributed by atoms with Crippen LogP contribution in [0.15, 0.2) is 48.5 Å². The number of halogens is 1. The Hall–Kier alpha value is -2.99. The minimum absolute atomic E-state index is 0.270. The molecular formula is C21H18FNO3S. The lowest BCUT2D eigenvalue weighted by molar-refractivity contribution is 0.0603. The summed E-state index contributed by atoms with van der Waals surface area (Å²) >= 11 is 1.28. The third-order valence-electron chi connectivity index (χ3n) is 4.15. The molecule has 3 rings (SSSR count). The van der Waals surface area contributed by atoms with Gasteiger partial charge in [-0.15, -0.1) is 11.3 Å². The molecular weight excluding hydrogens is 365 g/mol. The van der Waals surface area contributed by atoms with Gasteiger partial charge >= 0.3 is 5.97 Å². The normalized spacial score (nSPS) is 10.5. The molecule has 138 valence electrons. The lowest BCUT2D eigenvalue weighted by Gasteiger charge is -2.08. The molecule has 0 aliphatic carbocycles. The number of hydrogen-bond acceptors (Lipinski definition) is 4. The second-order valence-electron chi connectivity index (χ2n) is 6.06. The van der Waals surface area contributed by atoms with E-state index in [0.29, 0.717) is 21.7 Å². The van der Waals surface area contributed by atoms with Crippen molar-refractivity contribution in [3.05, 3.63) is 75.9 Å². The summed E-state index contributed by atoms with van der Waals surface area (Å²) in [5.74, 6) is -1.23. The molecule has 1 aromatic heterocycles. The van der Waals surface area contributed by atoms with Gasteiger partial charge in [-0.05, 0) is 43.7 Å². The van der Waals surface area contributed by atoms with Crippen LogP contribution in [-0.4, -0.2) is 19.0 Å². The van der Waals surface area contributed by atoms with Gasteiger partial charge in [-0.3, -0.25) is 4.79 Å². The molecule has 0 aliphatic heterocycles. The van der Waals surface area contributed by atoms with Crippen LogP contribution in [0.3, 0.4) is 0 Å². The number of amides is 1. The quantitative estimate of drug-likeness (QED) is 0.629. The van der Waals surface area contributed by atoms with Gasteiger partial charge < -0.3 is 10.1 Å². The summed E-state index contributed by atoms with van der Waals surface area (Å²) < 4.78 is 18.2. The van der Waals surface area contributed by atoms with Crippen molar-refractivity contribution in [2.75, 3.05) is 12.4 Å². The van der Waals surface area contributed by atoms with Gasteiger partial charge in [0.15, 0.2) is 0 Å². The van der Waals surface area contributed by atoms with Crippen LogP contribution in [0.25, 0.3) is 11.1 Å². The molecule has 0 saturated carbocycles. The summed E-state index contributed by atoms with van der Waals surface area (Å²) in [4.78, 5) is 25.8. The van der Waals surface area contributed by atoms with Gasteiger partial charge in [0, 0.05) is 16.0 Å². The third-order valence-corrected chi connectivity index (χ3v) is 5.17. The number of hydrogen-bond donors (Lipinski definition) is 1. The highest BCUT2D eigenvalue weighted by Gasteiger charge is 2.25. The average Bonchev–Trinajstić information content (AvgIpc) is 2.98. The largest absolute Gasteiger partial charge is 0.465 e. The second-order valence-corrected chi connectivity index (χ2v) is 7.28. The van der Waals surface area contributed by atoms with Crippen LogP contribution >= 0.6 is 11.3 Å². The fourth-order valence-corrected chi connectivity index (χ4v) is 3.83. The molecule has 6 heteroatoms. The molecule has 0 radical (unpaired) electrons. The molecule has 0 spiro atoms. The smallest absolute Gasteiger partial charge is 0.341 e. The predicted octanol–water partition coefficient (Wildman–Crippen LogP) is 5.21. The van der Waals surface area contributed by atoms with E-state index in [1.54, 1.807) is 24.3 Å². The molecule has 27 heavy (non-hydrogen) atoms. The number of thiophene rings is 1. The standard InChI is InChI=1S/C21H18FNO3S/c1-12-4-6-15(7-5-12)19(24)23-20-18(21(25)26-3)17(13(2)27-20)14-8-10-16(22)11-9-14/h4-11H,1-3H3,(H,23,24). The number of rotatable bonds is 4. The molecule has 1 heterocycles. The van der Waals surface area contributed by atoms with Gasteiger partial charge in [0.2, 0.25) is 0 Å². The molecule has 1 N–H and O–H groups in total. The Kier molecular flexibility index (Phi) is 5.37. The van der Waals surface area contributed by atoms with Crippen molar-refractivity contribution in [3.63, 3.8) is 0 Å². The molecule has 0 bridgehead atoms. The van der Waals surface area contributed by atoms with E-state index in [-0.39, 0.29) is 17.3 Å². The van der Waals surface area contributed by atoms with Crippen molar-refractivity contribution >= 4 is 28.2 Å². The molecule has 3 aromatic rings. The summed E-state index contributed by atoms with van der Waals surface area (Å²) in [6.07, 6.45) is 0. The van der Waals surface area contributed by atoms with Crippen molar-refractivity contribution in [1.29, 1.82) is 0 Å². The zero-order chi connectivity index (χ0) is 19.6. The van der Waals surface area contributed by atoms with Crippen molar-refractivity contribution < 1.29 is 18.7 Å². The molecule has 4 nitrogen and oxygen atoms in total. The lowest BCUT2D eigenvalue weighted by atomic mass is 10.0. The first-order valence-corrected chi connectivity index (χ1v) is 9.08. The van der Waals surface area contributed by atoms with Gasteiger partial charge in [0.1, 0.15) is 16.4 Å². The SMILES string of the molecule is COC(=O)c1c(NC(=O)c2ccc(C)cc2)sc(C)c1-c1ccc(F)cc1. The Bertz CT molecular complexity index is 992. The van der Waals surface area contributed by atoms with Gasteiger partial charge in [0.05, 0.1) is 7.11 Å². The molecule has 0 fully saturated rings. The van der Waals surface area contributed by atoms with Crippen LogP contribution < -0.4 is 5.32 Å². The van der Waals surface area contributed by atoms with Gasteiger partial charge in [-0.25, -0.2) is 9.18 Å². The average molecular weight is 383 g/mol. The molecule has 1 amide bonds. The Labute approximate surface area is 160 Å². The van der Waals surface area contributed by atoms with E-state index in [4.69, 9.17) is 4.74 Å². The number of carbonyl (C=O) groups is 2. The summed E-state index contributed by atoms with van der Waals surface area (Å²) in [5.41, 5.74) is 3.12. The minimum atomic E-state index is -0.558. The number of nitrogens with one attached hydrogen (secondary N) is 1. The van der Waals surface area contributed by atoms with Crippen LogP contribution in [0.1, 0.15) is 31.2 Å². The maximum atomic E-state index is 13.3. The van der Waals surface area contributed by atoms with Crippen LogP contribution in [-0.2, 0) is 4.74 Å². The topological polar surface area (TPSA) is 55.4 Å². The molecule has 0 aliphatic rings. The number of benzene rings is 2. The monoisotopic (exact) mass is 383 g/mol. The highest BCUT2D eigenvalue weighted by atomic mass is 32.1. The summed E-state index contributed by atoms with van der Waals surface area (Å²) in [6.45, 7) is 3.78. The van der Waals surface area contributed by atoms with Crippen molar-refractivity contribution in [1.82, 2.24) is 0 Å². The van der Waals surface area contributed by atoms with Crippen LogP contribution in [0, 0.1) is 19.7 Å². The van der Waals surface area contributed by atoms with Crippen molar-refractivity contribution in [3.8, 4) is 11.1 Å². The molecule has 0 atom stereocenters. The summed E-state index contributed by atoms with van der Waals surface area (Å²) in [7, 11) is 1.29. The molecule has 2 aromatic carbocycles. The van der Waals surface area contributed by atoms with E-state index >= 15 is 0 Å². The van der Waals surface area contributed by atoms with Gasteiger partial charge in [0.25, 0.3) is 5.91 Å². The maximum absolute atomic E-state index is 13.3. The van der Waals surface area contributed by atoms with E-state index in [1.165, 1.54) is 30.6 Å². The van der Waals surface area contributed by atoms with Crippen molar-refractivity contribution in [2.45, 2.75) is 13.8 Å². The Balaban J connectivity index is 2.04. The number of anilines is 1. The van der Waals surface area contributed by atoms with Gasteiger partial charge in [-0.1, -0.05) is 29.8 Å². The highest BCUT2D eigenvalue weighted by molar-refractivity contribution is 7.17. The molecule has 0 unspecified atom stereocenters. The Morgan fingerprint density at radius 3 is 2.22 bits per heavy atom. The first-order chi connectivity index (χ1) is 12.9. The molecule has 0 saturated heterocycles. The highest BCUT2D eigenvalue weighted by Crippen LogP contribution is 2.40. The zero-order valence-electron chi connectivity index (χ0n) is 15.1. The first kappa shape index (κ1) is 18.8. The Morgan fingerprint density at radius 2 is 1.63 bits per heavy atom. The van der Waals surface area contributed by atoms with Crippen molar-refractivity contribution in [2.24, 2.45) is 0 Å². The Morgan fingerprint density at radius 1 is 1.00 bits per heavy atom. The summed E-state index contributed by atoms with van der Waals surface area (Å²) in [6, 6.07) is 13.0. The summed E-state index contributed by atoms with van der Waals surface area (Å²) in [5, 5.41) is 3.22. The number of methoxy groups -OCH3 is 1.